The molecule has 0 aromatic heterocycles. The van der Waals surface area contributed by atoms with Gasteiger partial charge < -0.3 is 19.7 Å². The van der Waals surface area contributed by atoms with Gasteiger partial charge in [0.15, 0.2) is 6.10 Å². The minimum absolute atomic E-state index is 0.0516. The van der Waals surface area contributed by atoms with Crippen LogP contribution in [0.25, 0.3) is 0 Å². The van der Waals surface area contributed by atoms with Gasteiger partial charge in [-0.3, -0.25) is 5.32 Å². The van der Waals surface area contributed by atoms with Crippen LogP contribution in [0.1, 0.15) is 18.1 Å². The van der Waals surface area contributed by atoms with Crippen molar-refractivity contribution >= 4 is 43.6 Å². The summed E-state index contributed by atoms with van der Waals surface area (Å²) in [5.41, 5.74) is 0.905. The van der Waals surface area contributed by atoms with Crippen LogP contribution in [-0.2, 0) is 4.74 Å². The molecule has 1 amide bonds. The Morgan fingerprint density at radius 1 is 0.968 bits per heavy atom. The normalized spacial score (nSPS) is 12.6. The number of rotatable bonds is 8. The third kappa shape index (κ3) is 6.72. The van der Waals surface area contributed by atoms with Gasteiger partial charge in [0.05, 0.1) is 0 Å². The first-order valence-electron chi connectivity index (χ1n) is 9.50. The van der Waals surface area contributed by atoms with Crippen LogP contribution < -0.4 is 10.1 Å². The van der Waals surface area contributed by atoms with Crippen molar-refractivity contribution < 1.29 is 24.5 Å². The van der Waals surface area contributed by atoms with E-state index in [1.165, 1.54) is 6.07 Å². The zero-order valence-corrected chi connectivity index (χ0v) is 19.5. The van der Waals surface area contributed by atoms with Crippen molar-refractivity contribution in [2.24, 2.45) is 0 Å². The van der Waals surface area contributed by atoms with Crippen LogP contribution in [0, 0.1) is 0 Å². The highest BCUT2D eigenvalue weighted by Gasteiger charge is 2.31. The van der Waals surface area contributed by atoms with Crippen LogP contribution in [-0.4, -0.2) is 29.0 Å². The number of ether oxygens (including phenoxy) is 2. The van der Waals surface area contributed by atoms with Crippen molar-refractivity contribution in [3.05, 3.63) is 87.3 Å². The van der Waals surface area contributed by atoms with Crippen LogP contribution in [0.5, 0.6) is 11.5 Å². The summed E-state index contributed by atoms with van der Waals surface area (Å²) in [4.78, 5) is 12.7. The van der Waals surface area contributed by atoms with Crippen LogP contribution in [0.4, 0.5) is 10.5 Å². The molecule has 3 aromatic rings. The van der Waals surface area contributed by atoms with E-state index in [2.05, 4.69) is 37.2 Å². The number of para-hydroxylation sites is 1. The fraction of sp³-hybridized carbons (Fsp3) is 0.174. The van der Waals surface area contributed by atoms with E-state index in [0.29, 0.717) is 21.5 Å². The monoisotopic (exact) mass is 549 g/mol. The summed E-state index contributed by atoms with van der Waals surface area (Å²) in [5, 5.41) is 22.8. The number of halogens is 2. The largest absolute Gasteiger partial charge is 0.508 e. The number of nitrogens with one attached hydrogen (secondary N) is 1. The smallest absolute Gasteiger partial charge is 0.412 e. The minimum atomic E-state index is -0.986. The number of amides is 1. The molecule has 3 N–H and O–H groups in total. The predicted octanol–water partition coefficient (Wildman–Crippen LogP) is 6.04. The molecule has 0 aliphatic carbocycles. The van der Waals surface area contributed by atoms with E-state index in [-0.39, 0.29) is 18.8 Å². The van der Waals surface area contributed by atoms with Gasteiger partial charge in [0.2, 0.25) is 0 Å². The molecule has 0 unspecified atom stereocenters. The molecule has 3 rings (SSSR count). The maximum Gasteiger partial charge on any atom is 0.412 e. The van der Waals surface area contributed by atoms with Crippen molar-refractivity contribution in [1.82, 2.24) is 0 Å². The Morgan fingerprint density at radius 3 is 2.32 bits per heavy atom. The molecule has 0 spiro atoms. The van der Waals surface area contributed by atoms with Gasteiger partial charge in [-0.1, -0.05) is 50.1 Å². The maximum atomic E-state index is 12.7. The number of carbonyl (C=O) groups excluding carboxylic acids is 1. The average Bonchev–Trinajstić information content (AvgIpc) is 2.76. The number of aliphatic hydroxyl groups is 1. The van der Waals surface area contributed by atoms with E-state index in [0.717, 1.165) is 4.47 Å². The lowest BCUT2D eigenvalue weighted by Crippen LogP contribution is -2.32. The highest BCUT2D eigenvalue weighted by Crippen LogP contribution is 2.35. The lowest BCUT2D eigenvalue weighted by Gasteiger charge is -2.28. The first-order chi connectivity index (χ1) is 15.0. The van der Waals surface area contributed by atoms with Gasteiger partial charge in [-0.2, -0.15) is 0 Å². The van der Waals surface area contributed by atoms with Crippen LogP contribution in [0.2, 0.25) is 0 Å². The molecule has 0 fully saturated rings. The molecular weight excluding hydrogens is 530 g/mol. The second-order valence-electron chi connectivity index (χ2n) is 6.64. The van der Waals surface area contributed by atoms with Gasteiger partial charge in [-0.15, -0.1) is 0 Å². The summed E-state index contributed by atoms with van der Waals surface area (Å²) in [6.07, 6.45) is -2.27. The number of carbonyl (C=O) groups is 1. The fourth-order valence-electron chi connectivity index (χ4n) is 2.96. The van der Waals surface area contributed by atoms with E-state index >= 15 is 0 Å². The van der Waals surface area contributed by atoms with Crippen molar-refractivity contribution in [3.63, 3.8) is 0 Å². The molecule has 0 bridgehead atoms. The lowest BCUT2D eigenvalue weighted by molar-refractivity contribution is 0.00797. The SMILES string of the molecule is O=C(Nc1ccc(Br)cc1)O[C@@H](c1cc(Br)ccc1O)[C@H](CCO)Oc1ccccc1. The number of anilines is 1. The predicted molar refractivity (Wildman–Crippen MR) is 125 cm³/mol. The van der Waals surface area contributed by atoms with E-state index in [4.69, 9.17) is 9.47 Å². The number of hydrogen-bond acceptors (Lipinski definition) is 5. The van der Waals surface area contributed by atoms with Crippen molar-refractivity contribution in [2.45, 2.75) is 18.6 Å². The Labute approximate surface area is 197 Å². The lowest BCUT2D eigenvalue weighted by atomic mass is 10.0. The Kier molecular flexibility index (Phi) is 8.34. The highest BCUT2D eigenvalue weighted by molar-refractivity contribution is 9.10. The van der Waals surface area contributed by atoms with Gasteiger partial charge >= 0.3 is 6.09 Å². The molecule has 0 aliphatic rings. The van der Waals surface area contributed by atoms with E-state index in [9.17, 15) is 15.0 Å². The molecule has 0 saturated heterocycles. The van der Waals surface area contributed by atoms with Gasteiger partial charge in [0, 0.05) is 33.2 Å². The van der Waals surface area contributed by atoms with Crippen LogP contribution in [0.3, 0.4) is 0 Å². The summed E-state index contributed by atoms with van der Waals surface area (Å²) in [7, 11) is 0. The molecule has 6 nitrogen and oxygen atoms in total. The number of aliphatic hydroxyl groups excluding tert-OH is 1. The van der Waals surface area contributed by atoms with Gasteiger partial charge in [-0.25, -0.2) is 4.79 Å². The third-order valence-electron chi connectivity index (χ3n) is 4.40. The maximum absolute atomic E-state index is 12.7. The second kappa shape index (κ2) is 11.2. The molecule has 31 heavy (non-hydrogen) atoms. The third-order valence-corrected chi connectivity index (χ3v) is 5.42. The topological polar surface area (TPSA) is 88.0 Å². The Morgan fingerprint density at radius 2 is 1.65 bits per heavy atom. The zero-order valence-electron chi connectivity index (χ0n) is 16.4. The molecule has 0 aliphatic heterocycles. The number of aromatic hydroxyl groups is 1. The summed E-state index contributed by atoms with van der Waals surface area (Å²) in [6.45, 7) is -0.194. The minimum Gasteiger partial charge on any atom is -0.508 e. The summed E-state index contributed by atoms with van der Waals surface area (Å²) in [5.74, 6) is 0.501. The second-order valence-corrected chi connectivity index (χ2v) is 8.47. The number of phenolic OH excluding ortho intramolecular Hbond substituents is 1. The summed E-state index contributed by atoms with van der Waals surface area (Å²) >= 11 is 6.73. The standard InChI is InChI=1S/C23H21Br2NO5/c24-15-6-9-17(10-7-15)26-23(29)31-22(19-14-16(25)8-11-20(19)28)21(12-13-27)30-18-4-2-1-3-5-18/h1-11,14,21-22,27-28H,12-13H2,(H,26,29)/t21-,22-/m0/s1. The molecule has 3 aromatic carbocycles. The molecule has 0 heterocycles. The summed E-state index contributed by atoms with van der Waals surface area (Å²) < 4.78 is 13.3. The first-order valence-corrected chi connectivity index (χ1v) is 11.1. The number of phenols is 1. The van der Waals surface area contributed by atoms with Crippen LogP contribution >= 0.6 is 31.9 Å². The van der Waals surface area contributed by atoms with E-state index in [1.54, 1.807) is 48.5 Å². The Bertz CT molecular complexity index is 999. The molecule has 162 valence electrons. The Hall–Kier alpha value is -2.55. The van der Waals surface area contributed by atoms with Gasteiger partial charge in [0.1, 0.15) is 17.6 Å². The average molecular weight is 551 g/mol. The Balaban J connectivity index is 1.89. The zero-order chi connectivity index (χ0) is 22.2. The van der Waals surface area contributed by atoms with Gasteiger partial charge in [-0.05, 0) is 54.6 Å². The van der Waals surface area contributed by atoms with Crippen molar-refractivity contribution in [2.75, 3.05) is 11.9 Å². The van der Waals surface area contributed by atoms with E-state index < -0.39 is 18.3 Å². The molecule has 0 saturated carbocycles. The highest BCUT2D eigenvalue weighted by atomic mass is 79.9. The molecule has 8 heteroatoms. The molecule has 0 radical (unpaired) electrons. The summed E-state index contributed by atoms with van der Waals surface area (Å²) in [6, 6.07) is 20.9. The first kappa shape index (κ1) is 23.1. The van der Waals surface area contributed by atoms with Crippen molar-refractivity contribution in [1.29, 1.82) is 0 Å². The molecular formula is C23H21Br2NO5. The van der Waals surface area contributed by atoms with Crippen molar-refractivity contribution in [3.8, 4) is 11.5 Å². The molecule has 2 atom stereocenters. The fourth-order valence-corrected chi connectivity index (χ4v) is 3.61. The van der Waals surface area contributed by atoms with Crippen LogP contribution in [0.15, 0.2) is 81.7 Å². The quantitative estimate of drug-likeness (QED) is 0.318. The number of benzene rings is 3. The van der Waals surface area contributed by atoms with Gasteiger partial charge in [0.25, 0.3) is 0 Å². The van der Waals surface area contributed by atoms with E-state index in [1.807, 2.05) is 18.2 Å². The number of hydrogen-bond donors (Lipinski definition) is 3.